The van der Waals surface area contributed by atoms with E-state index in [2.05, 4.69) is 31.1 Å². The van der Waals surface area contributed by atoms with Crippen LogP contribution in [0.5, 0.6) is 0 Å². The highest BCUT2D eigenvalue weighted by Crippen LogP contribution is 2.32. The summed E-state index contributed by atoms with van der Waals surface area (Å²) in [5, 5.41) is 3.57. The number of nitrogens with one attached hydrogen (secondary N) is 1. The minimum atomic E-state index is 0.728. The Kier molecular flexibility index (Phi) is 4.87. The van der Waals surface area contributed by atoms with E-state index in [0.29, 0.717) is 0 Å². The Morgan fingerprint density at radius 3 is 2.41 bits per heavy atom. The first-order valence-corrected chi connectivity index (χ1v) is 7.69. The quantitative estimate of drug-likeness (QED) is 0.810. The van der Waals surface area contributed by atoms with Crippen LogP contribution in [0, 0.1) is 5.92 Å². The third-order valence-corrected chi connectivity index (χ3v) is 5.03. The van der Waals surface area contributed by atoms with Crippen LogP contribution in [0.1, 0.15) is 58.8 Å². The van der Waals surface area contributed by atoms with E-state index in [-0.39, 0.29) is 0 Å². The largest absolute Gasteiger partial charge is 0.315 e. The number of hydrogen-bond donors (Lipinski definition) is 1. The molecule has 2 rings (SSSR count). The third-order valence-electron chi connectivity index (χ3n) is 5.03. The fourth-order valence-electron chi connectivity index (χ4n) is 4.05. The number of hydrogen-bond acceptors (Lipinski definition) is 2. The van der Waals surface area contributed by atoms with Crippen LogP contribution in [0.2, 0.25) is 0 Å². The van der Waals surface area contributed by atoms with E-state index in [1.807, 2.05) is 0 Å². The van der Waals surface area contributed by atoms with Crippen LogP contribution < -0.4 is 5.32 Å². The summed E-state index contributed by atoms with van der Waals surface area (Å²) in [6, 6.07) is 2.40. The third kappa shape index (κ3) is 3.03. The van der Waals surface area contributed by atoms with Gasteiger partial charge in [0.15, 0.2) is 0 Å². The molecule has 17 heavy (non-hydrogen) atoms. The van der Waals surface area contributed by atoms with Crippen molar-refractivity contribution < 1.29 is 0 Å². The summed E-state index contributed by atoms with van der Waals surface area (Å²) >= 11 is 0. The summed E-state index contributed by atoms with van der Waals surface area (Å²) in [5.74, 6) is 0.917. The van der Waals surface area contributed by atoms with Gasteiger partial charge in [-0.2, -0.15) is 0 Å². The molecule has 1 N–H and O–H groups in total. The molecule has 2 saturated carbocycles. The van der Waals surface area contributed by atoms with E-state index >= 15 is 0 Å². The molecule has 100 valence electrons. The van der Waals surface area contributed by atoms with Crippen LogP contribution in [0.15, 0.2) is 0 Å². The smallest absolute Gasteiger partial charge is 0.0254 e. The van der Waals surface area contributed by atoms with Gasteiger partial charge in [-0.15, -0.1) is 0 Å². The highest BCUT2D eigenvalue weighted by Gasteiger charge is 2.35. The lowest BCUT2D eigenvalue weighted by molar-refractivity contribution is 0.0717. The van der Waals surface area contributed by atoms with E-state index in [9.17, 15) is 0 Å². The van der Waals surface area contributed by atoms with Gasteiger partial charge in [-0.3, -0.25) is 4.90 Å². The zero-order valence-electron chi connectivity index (χ0n) is 11.9. The lowest BCUT2D eigenvalue weighted by atomic mass is 9.82. The van der Waals surface area contributed by atoms with Crippen LogP contribution in [0.4, 0.5) is 0 Å². The van der Waals surface area contributed by atoms with Gasteiger partial charge in [0.1, 0.15) is 0 Å². The Hall–Kier alpha value is -0.0800. The van der Waals surface area contributed by atoms with Crippen LogP contribution >= 0.6 is 0 Å². The van der Waals surface area contributed by atoms with Crippen molar-refractivity contribution in [3.8, 4) is 0 Å². The van der Waals surface area contributed by atoms with Crippen molar-refractivity contribution in [2.75, 3.05) is 13.6 Å². The standard InChI is InChI=1S/C15H30N2/c1-4-17(13-7-5-6-8-13)15-11-12(2)9-10-14(15)16-3/h12-16H,4-11H2,1-3H3. The summed E-state index contributed by atoms with van der Waals surface area (Å²) in [4.78, 5) is 2.82. The molecule has 0 spiro atoms. The van der Waals surface area contributed by atoms with Crippen molar-refractivity contribution >= 4 is 0 Å². The zero-order valence-corrected chi connectivity index (χ0v) is 11.9. The molecule has 0 heterocycles. The van der Waals surface area contributed by atoms with Gasteiger partial charge >= 0.3 is 0 Å². The maximum atomic E-state index is 3.57. The topological polar surface area (TPSA) is 15.3 Å². The summed E-state index contributed by atoms with van der Waals surface area (Å²) in [6.07, 6.45) is 9.96. The Morgan fingerprint density at radius 1 is 1.12 bits per heavy atom. The Balaban J connectivity index is 2.03. The molecule has 0 amide bonds. The van der Waals surface area contributed by atoms with Gasteiger partial charge < -0.3 is 5.32 Å². The molecule has 0 aromatic rings. The molecule has 2 heteroatoms. The highest BCUT2D eigenvalue weighted by atomic mass is 15.2. The predicted molar refractivity (Wildman–Crippen MR) is 74.3 cm³/mol. The van der Waals surface area contributed by atoms with Gasteiger partial charge in [0.25, 0.3) is 0 Å². The second kappa shape index (κ2) is 6.19. The SMILES string of the molecule is CCN(C1CCCC1)C1CC(C)CCC1NC. The molecule has 0 saturated heterocycles. The number of likely N-dealkylation sites (N-methyl/N-ethyl adjacent to an activating group) is 2. The van der Waals surface area contributed by atoms with Crippen LogP contribution in [-0.4, -0.2) is 36.6 Å². The molecule has 0 aromatic heterocycles. The van der Waals surface area contributed by atoms with Crippen LogP contribution in [-0.2, 0) is 0 Å². The summed E-state index contributed by atoms with van der Waals surface area (Å²) in [6.45, 7) is 6.02. The van der Waals surface area contributed by atoms with E-state index in [1.54, 1.807) is 0 Å². The van der Waals surface area contributed by atoms with Crippen molar-refractivity contribution in [3.05, 3.63) is 0 Å². The molecule has 0 aromatic carbocycles. The first-order chi connectivity index (χ1) is 8.26. The molecule has 0 bridgehead atoms. The lowest BCUT2D eigenvalue weighted by Gasteiger charge is -2.44. The lowest BCUT2D eigenvalue weighted by Crippen LogP contribution is -2.54. The maximum Gasteiger partial charge on any atom is 0.0254 e. The minimum absolute atomic E-state index is 0.728. The van der Waals surface area contributed by atoms with Crippen molar-refractivity contribution in [1.82, 2.24) is 10.2 Å². The van der Waals surface area contributed by atoms with E-state index < -0.39 is 0 Å². The first-order valence-electron chi connectivity index (χ1n) is 7.69. The molecule has 0 aliphatic heterocycles. The van der Waals surface area contributed by atoms with Crippen LogP contribution in [0.25, 0.3) is 0 Å². The van der Waals surface area contributed by atoms with E-state index in [4.69, 9.17) is 0 Å². The fraction of sp³-hybridized carbons (Fsp3) is 1.00. The molecule has 3 unspecified atom stereocenters. The molecule has 3 atom stereocenters. The maximum absolute atomic E-state index is 3.57. The molecule has 2 nitrogen and oxygen atoms in total. The molecule has 2 aliphatic rings. The summed E-state index contributed by atoms with van der Waals surface area (Å²) in [5.41, 5.74) is 0. The predicted octanol–water partition coefficient (Wildman–Crippen LogP) is 3.03. The van der Waals surface area contributed by atoms with Gasteiger partial charge in [0, 0.05) is 18.1 Å². The molecule has 2 fully saturated rings. The van der Waals surface area contributed by atoms with E-state index in [1.165, 1.54) is 51.5 Å². The summed E-state index contributed by atoms with van der Waals surface area (Å²) < 4.78 is 0. The monoisotopic (exact) mass is 238 g/mol. The Morgan fingerprint density at radius 2 is 1.82 bits per heavy atom. The highest BCUT2D eigenvalue weighted by molar-refractivity contribution is 4.92. The van der Waals surface area contributed by atoms with E-state index in [0.717, 1.165) is 24.0 Å². The first kappa shape index (κ1) is 13.4. The minimum Gasteiger partial charge on any atom is -0.315 e. The number of nitrogens with zero attached hydrogens (tertiary/aromatic N) is 1. The second-order valence-corrected chi connectivity index (χ2v) is 6.15. The Labute approximate surface area is 107 Å². The van der Waals surface area contributed by atoms with Crippen molar-refractivity contribution in [2.24, 2.45) is 5.92 Å². The van der Waals surface area contributed by atoms with Crippen molar-refractivity contribution in [3.63, 3.8) is 0 Å². The molecular formula is C15H30N2. The van der Waals surface area contributed by atoms with Gasteiger partial charge in [-0.05, 0) is 51.6 Å². The molecular weight excluding hydrogens is 208 g/mol. The van der Waals surface area contributed by atoms with Crippen molar-refractivity contribution in [2.45, 2.75) is 76.9 Å². The van der Waals surface area contributed by atoms with Gasteiger partial charge in [0.05, 0.1) is 0 Å². The molecule has 2 aliphatic carbocycles. The zero-order chi connectivity index (χ0) is 12.3. The summed E-state index contributed by atoms with van der Waals surface area (Å²) in [7, 11) is 2.15. The fourth-order valence-corrected chi connectivity index (χ4v) is 4.05. The molecule has 0 radical (unpaired) electrons. The van der Waals surface area contributed by atoms with Crippen molar-refractivity contribution in [1.29, 1.82) is 0 Å². The normalized spacial score (nSPS) is 35.6. The number of rotatable bonds is 4. The van der Waals surface area contributed by atoms with Gasteiger partial charge in [-0.25, -0.2) is 0 Å². The van der Waals surface area contributed by atoms with Gasteiger partial charge in [0.2, 0.25) is 0 Å². The average molecular weight is 238 g/mol. The second-order valence-electron chi connectivity index (χ2n) is 6.15. The van der Waals surface area contributed by atoms with Crippen LogP contribution in [0.3, 0.4) is 0 Å². The van der Waals surface area contributed by atoms with Gasteiger partial charge in [-0.1, -0.05) is 26.7 Å². The Bertz CT molecular complexity index is 223. The average Bonchev–Trinajstić information content (AvgIpc) is 2.84.